The minimum absolute atomic E-state index is 0.338. The molecule has 6 heteroatoms. The molecule has 2 N–H and O–H groups in total. The Morgan fingerprint density at radius 3 is 1.94 bits per heavy atom. The highest BCUT2D eigenvalue weighted by Crippen LogP contribution is 2.24. The third-order valence-corrected chi connectivity index (χ3v) is 4.11. The van der Waals surface area contributed by atoms with Crippen molar-refractivity contribution in [1.82, 2.24) is 9.84 Å². The number of nitrogens with one attached hydrogen (secondary N) is 2. The van der Waals surface area contributed by atoms with Gasteiger partial charge in [0.25, 0.3) is 10.0 Å². The van der Waals surface area contributed by atoms with Gasteiger partial charge in [-0.2, -0.15) is 0 Å². The molecule has 0 bridgehead atoms. The first-order valence-corrected chi connectivity index (χ1v) is 6.75. The van der Waals surface area contributed by atoms with E-state index in [-0.39, 0.29) is 0 Å². The lowest BCUT2D eigenvalue weighted by Crippen LogP contribution is -2.36. The molecule has 0 spiro atoms. The molecule has 96 valence electrons. The summed E-state index contributed by atoms with van der Waals surface area (Å²) in [4.78, 5) is 2.78. The van der Waals surface area contributed by atoms with E-state index < -0.39 is 10.0 Å². The minimum Gasteiger partial charge on any atom is -0.388 e. The van der Waals surface area contributed by atoms with E-state index in [9.17, 15) is 8.42 Å². The fraction of sp³-hybridized carbons (Fsp3) is 0.455. The fourth-order valence-corrected chi connectivity index (χ4v) is 3.34. The maximum atomic E-state index is 12.1. The van der Waals surface area contributed by atoms with Gasteiger partial charge >= 0.3 is 0 Å². The predicted molar refractivity (Wildman–Crippen MR) is 69.5 cm³/mol. The number of hydrogen-bond acceptors (Lipinski definition) is 4. The van der Waals surface area contributed by atoms with Gasteiger partial charge in [-0.3, -0.25) is 0 Å². The monoisotopic (exact) mass is 257 g/mol. The molecule has 1 aromatic carbocycles. The summed E-state index contributed by atoms with van der Waals surface area (Å²) in [6, 6.07) is 3.63. The summed E-state index contributed by atoms with van der Waals surface area (Å²) in [5, 5.41) is 4.42. The second-order valence-corrected chi connectivity index (χ2v) is 5.78. The van der Waals surface area contributed by atoms with Crippen molar-refractivity contribution in [1.29, 1.82) is 0 Å². The lowest BCUT2D eigenvalue weighted by Gasteiger charge is -2.17. The van der Waals surface area contributed by atoms with Gasteiger partial charge in [-0.05, 0) is 37.1 Å². The van der Waals surface area contributed by atoms with Crippen LogP contribution in [-0.2, 0) is 10.0 Å². The smallest absolute Gasteiger partial charge is 0.253 e. The number of nitrogens with zero attached hydrogens (tertiary/aromatic N) is 1. The van der Waals surface area contributed by atoms with Crippen LogP contribution >= 0.6 is 0 Å². The number of aryl methyl sites for hydroxylation is 2. The molecule has 17 heavy (non-hydrogen) atoms. The van der Waals surface area contributed by atoms with Crippen LogP contribution in [0.2, 0.25) is 0 Å². The standard InChI is InChI=1S/C11H19N3O2S/c1-8-6-10(12-3)7-9(2)11(8)17(15,16)13-14(4)5/h6-7,12-13H,1-5H3. The van der Waals surface area contributed by atoms with Crippen LogP contribution in [0.3, 0.4) is 0 Å². The molecule has 0 aliphatic rings. The molecule has 5 nitrogen and oxygen atoms in total. The van der Waals surface area contributed by atoms with E-state index in [0.29, 0.717) is 4.90 Å². The molecule has 0 saturated carbocycles. The zero-order valence-corrected chi connectivity index (χ0v) is 11.6. The van der Waals surface area contributed by atoms with Crippen LogP contribution < -0.4 is 10.1 Å². The minimum atomic E-state index is -3.50. The fourth-order valence-electron chi connectivity index (χ4n) is 1.80. The van der Waals surface area contributed by atoms with Gasteiger partial charge in [-0.25, -0.2) is 13.4 Å². The molecule has 1 aromatic rings. The van der Waals surface area contributed by atoms with Crippen molar-refractivity contribution < 1.29 is 8.42 Å². The zero-order valence-electron chi connectivity index (χ0n) is 10.8. The molecule has 0 radical (unpaired) electrons. The van der Waals surface area contributed by atoms with Crippen LogP contribution in [0.5, 0.6) is 0 Å². The normalized spacial score (nSPS) is 11.9. The van der Waals surface area contributed by atoms with E-state index >= 15 is 0 Å². The van der Waals surface area contributed by atoms with Gasteiger partial charge in [0.2, 0.25) is 0 Å². The molecule has 1 rings (SSSR count). The lowest BCUT2D eigenvalue weighted by atomic mass is 10.1. The molecule has 0 atom stereocenters. The van der Waals surface area contributed by atoms with E-state index in [0.717, 1.165) is 16.8 Å². The van der Waals surface area contributed by atoms with Gasteiger partial charge in [0.1, 0.15) is 0 Å². The van der Waals surface area contributed by atoms with E-state index in [4.69, 9.17) is 0 Å². The Kier molecular flexibility index (Phi) is 4.13. The number of rotatable bonds is 4. The van der Waals surface area contributed by atoms with E-state index in [1.165, 1.54) is 5.01 Å². The quantitative estimate of drug-likeness (QED) is 0.793. The molecular weight excluding hydrogens is 238 g/mol. The van der Waals surface area contributed by atoms with Crippen LogP contribution in [0.4, 0.5) is 5.69 Å². The van der Waals surface area contributed by atoms with Crippen LogP contribution in [0.1, 0.15) is 11.1 Å². The number of sulfonamides is 1. The topological polar surface area (TPSA) is 61.4 Å². The third kappa shape index (κ3) is 3.18. The first-order chi connectivity index (χ1) is 7.77. The van der Waals surface area contributed by atoms with Gasteiger partial charge in [-0.1, -0.05) is 0 Å². The number of anilines is 1. The first kappa shape index (κ1) is 14.0. The number of benzene rings is 1. The van der Waals surface area contributed by atoms with Gasteiger partial charge < -0.3 is 5.32 Å². The molecule has 0 heterocycles. The second-order valence-electron chi connectivity index (χ2n) is 4.18. The van der Waals surface area contributed by atoms with Gasteiger partial charge in [0.05, 0.1) is 4.90 Å². The average Bonchev–Trinajstić information content (AvgIpc) is 2.13. The molecule has 0 amide bonds. The van der Waals surface area contributed by atoms with Crippen molar-refractivity contribution >= 4 is 15.7 Å². The van der Waals surface area contributed by atoms with E-state index in [1.54, 1.807) is 35.0 Å². The van der Waals surface area contributed by atoms with Gasteiger partial charge in [-0.15, -0.1) is 4.83 Å². The molecule has 0 saturated heterocycles. The van der Waals surface area contributed by atoms with Crippen LogP contribution in [0.25, 0.3) is 0 Å². The molecule has 0 aliphatic carbocycles. The van der Waals surface area contributed by atoms with Crippen LogP contribution in [0.15, 0.2) is 17.0 Å². The Bertz CT molecular complexity index is 486. The predicted octanol–water partition coefficient (Wildman–Crippen LogP) is 1.10. The number of hydrazine groups is 1. The van der Waals surface area contributed by atoms with Crippen molar-refractivity contribution in [2.24, 2.45) is 0 Å². The summed E-state index contributed by atoms with van der Waals surface area (Å²) in [7, 11) is 1.59. The Morgan fingerprint density at radius 2 is 1.59 bits per heavy atom. The molecule has 0 aromatic heterocycles. The Labute approximate surface area is 103 Å². The highest BCUT2D eigenvalue weighted by molar-refractivity contribution is 7.89. The van der Waals surface area contributed by atoms with Gasteiger partial charge in [0.15, 0.2) is 0 Å². The first-order valence-electron chi connectivity index (χ1n) is 5.26. The third-order valence-electron chi connectivity index (χ3n) is 2.32. The molecule has 0 fully saturated rings. The Hall–Kier alpha value is -1.11. The van der Waals surface area contributed by atoms with Crippen molar-refractivity contribution in [2.75, 3.05) is 26.5 Å². The van der Waals surface area contributed by atoms with E-state index in [1.807, 2.05) is 12.1 Å². The SMILES string of the molecule is CNc1cc(C)c(S(=O)(=O)NN(C)C)c(C)c1. The summed E-state index contributed by atoms with van der Waals surface area (Å²) in [6.45, 7) is 3.58. The Balaban J connectivity index is 3.32. The average molecular weight is 257 g/mol. The van der Waals surface area contributed by atoms with Crippen molar-refractivity contribution in [3.63, 3.8) is 0 Å². The molecule has 0 aliphatic heterocycles. The summed E-state index contributed by atoms with van der Waals surface area (Å²) >= 11 is 0. The van der Waals surface area contributed by atoms with Crippen molar-refractivity contribution in [3.05, 3.63) is 23.3 Å². The zero-order chi connectivity index (χ0) is 13.2. The summed E-state index contributed by atoms with van der Waals surface area (Å²) < 4.78 is 24.2. The van der Waals surface area contributed by atoms with Crippen LogP contribution in [-0.4, -0.2) is 34.6 Å². The number of hydrogen-bond donors (Lipinski definition) is 2. The maximum Gasteiger partial charge on any atom is 0.253 e. The lowest BCUT2D eigenvalue weighted by molar-refractivity contribution is 0.363. The van der Waals surface area contributed by atoms with Crippen LogP contribution in [0, 0.1) is 13.8 Å². The van der Waals surface area contributed by atoms with E-state index in [2.05, 4.69) is 10.1 Å². The van der Waals surface area contributed by atoms with Crippen molar-refractivity contribution in [2.45, 2.75) is 18.7 Å². The second kappa shape index (κ2) is 5.03. The maximum absolute atomic E-state index is 12.1. The molecular formula is C11H19N3O2S. The van der Waals surface area contributed by atoms with Crippen molar-refractivity contribution in [3.8, 4) is 0 Å². The van der Waals surface area contributed by atoms with Gasteiger partial charge in [0, 0.05) is 26.8 Å². The highest BCUT2D eigenvalue weighted by Gasteiger charge is 2.20. The highest BCUT2D eigenvalue weighted by atomic mass is 32.2. The Morgan fingerprint density at radius 1 is 1.12 bits per heavy atom. The largest absolute Gasteiger partial charge is 0.388 e. The summed E-state index contributed by atoms with van der Waals surface area (Å²) in [6.07, 6.45) is 0. The molecule has 0 unspecified atom stereocenters. The summed E-state index contributed by atoms with van der Waals surface area (Å²) in [5.74, 6) is 0. The summed E-state index contributed by atoms with van der Waals surface area (Å²) in [5.41, 5.74) is 2.36.